The van der Waals surface area contributed by atoms with Crippen LogP contribution in [0, 0.1) is 19.8 Å². The van der Waals surface area contributed by atoms with Crippen molar-refractivity contribution in [1.82, 2.24) is 14.9 Å². The number of aryl methyl sites for hydroxylation is 3. The number of aromatic nitrogens is 2. The zero-order valence-electron chi connectivity index (χ0n) is 16.2. The number of anilines is 1. The maximum atomic E-state index is 12.5. The molecule has 0 radical (unpaired) electrons. The van der Waals surface area contributed by atoms with Crippen molar-refractivity contribution in [3.8, 4) is 0 Å². The van der Waals surface area contributed by atoms with Crippen LogP contribution in [0.15, 0.2) is 12.1 Å². The molecule has 2 aliphatic rings. The molecular weight excluding hydrogens is 324 g/mol. The Hall–Kier alpha value is -2.04. The molecule has 0 unspecified atom stereocenters. The Bertz CT molecular complexity index is 811. The van der Waals surface area contributed by atoms with Gasteiger partial charge in [-0.15, -0.1) is 0 Å². The maximum absolute atomic E-state index is 12.5. The number of hydrogen-bond donors (Lipinski definition) is 1. The van der Waals surface area contributed by atoms with E-state index in [1.165, 1.54) is 29.5 Å². The lowest BCUT2D eigenvalue weighted by atomic mass is 9.95. The summed E-state index contributed by atoms with van der Waals surface area (Å²) >= 11 is 0. The van der Waals surface area contributed by atoms with Crippen LogP contribution in [-0.4, -0.2) is 34.6 Å². The van der Waals surface area contributed by atoms with E-state index >= 15 is 0 Å². The molecule has 1 aliphatic carbocycles. The average Bonchev–Trinajstić information content (AvgIpc) is 3.25. The van der Waals surface area contributed by atoms with Crippen LogP contribution in [-0.2, 0) is 11.8 Å². The lowest BCUT2D eigenvalue weighted by Gasteiger charge is -2.32. The van der Waals surface area contributed by atoms with Crippen molar-refractivity contribution in [2.75, 3.05) is 18.0 Å². The highest BCUT2D eigenvalue weighted by Gasteiger charge is 2.29. The van der Waals surface area contributed by atoms with E-state index in [1.54, 1.807) is 0 Å². The molecule has 0 bridgehead atoms. The Kier molecular flexibility index (Phi) is 4.63. The first-order valence-electron chi connectivity index (χ1n) is 10.0. The van der Waals surface area contributed by atoms with Crippen LogP contribution in [0.5, 0.6) is 0 Å². The van der Waals surface area contributed by atoms with Crippen molar-refractivity contribution < 1.29 is 4.79 Å². The van der Waals surface area contributed by atoms with Gasteiger partial charge in [0.05, 0.1) is 11.0 Å². The van der Waals surface area contributed by atoms with E-state index in [9.17, 15) is 4.79 Å². The van der Waals surface area contributed by atoms with Gasteiger partial charge in [-0.1, -0.05) is 12.8 Å². The molecule has 1 saturated carbocycles. The fourth-order valence-electron chi connectivity index (χ4n) is 4.45. The van der Waals surface area contributed by atoms with Gasteiger partial charge in [0, 0.05) is 32.1 Å². The highest BCUT2D eigenvalue weighted by Crippen LogP contribution is 2.28. The van der Waals surface area contributed by atoms with Crippen LogP contribution in [0.1, 0.15) is 49.7 Å². The number of nitrogens with one attached hydrogen (secondary N) is 1. The summed E-state index contributed by atoms with van der Waals surface area (Å²) in [7, 11) is 2.10. The quantitative estimate of drug-likeness (QED) is 0.918. The summed E-state index contributed by atoms with van der Waals surface area (Å²) in [5.41, 5.74) is 4.83. The van der Waals surface area contributed by atoms with Crippen LogP contribution in [0.4, 0.5) is 5.95 Å². The number of benzene rings is 1. The normalized spacial score (nSPS) is 19.4. The van der Waals surface area contributed by atoms with Crippen molar-refractivity contribution in [3.05, 3.63) is 23.3 Å². The van der Waals surface area contributed by atoms with Crippen molar-refractivity contribution in [2.45, 2.75) is 58.4 Å². The van der Waals surface area contributed by atoms with Gasteiger partial charge in [0.1, 0.15) is 0 Å². The first-order valence-corrected chi connectivity index (χ1v) is 10.0. The Morgan fingerprint density at radius 1 is 1.08 bits per heavy atom. The largest absolute Gasteiger partial charge is 0.353 e. The van der Waals surface area contributed by atoms with Crippen molar-refractivity contribution in [2.24, 2.45) is 13.0 Å². The van der Waals surface area contributed by atoms with Gasteiger partial charge < -0.3 is 14.8 Å². The van der Waals surface area contributed by atoms with E-state index in [0.29, 0.717) is 6.04 Å². The molecule has 140 valence electrons. The number of fused-ring (bicyclic) bond motifs is 1. The van der Waals surface area contributed by atoms with Gasteiger partial charge in [-0.3, -0.25) is 4.79 Å². The second-order valence-electron chi connectivity index (χ2n) is 8.15. The Morgan fingerprint density at radius 2 is 1.73 bits per heavy atom. The summed E-state index contributed by atoms with van der Waals surface area (Å²) in [6, 6.07) is 4.82. The molecule has 1 aromatic carbocycles. The number of piperidine rings is 1. The van der Waals surface area contributed by atoms with Gasteiger partial charge in [0.15, 0.2) is 0 Å². The van der Waals surface area contributed by atoms with E-state index in [2.05, 4.69) is 47.8 Å². The molecule has 2 aromatic rings. The lowest BCUT2D eigenvalue weighted by molar-refractivity contribution is -0.126. The molecule has 4 rings (SSSR count). The molecule has 1 amide bonds. The topological polar surface area (TPSA) is 50.2 Å². The Morgan fingerprint density at radius 3 is 2.42 bits per heavy atom. The Balaban J connectivity index is 1.43. The monoisotopic (exact) mass is 354 g/mol. The zero-order chi connectivity index (χ0) is 18.3. The highest BCUT2D eigenvalue weighted by molar-refractivity contribution is 5.81. The zero-order valence-corrected chi connectivity index (χ0v) is 16.2. The van der Waals surface area contributed by atoms with E-state index in [1.807, 2.05) is 0 Å². The molecule has 2 heterocycles. The third-order valence-corrected chi connectivity index (χ3v) is 6.32. The number of amides is 1. The number of hydrogen-bond acceptors (Lipinski definition) is 3. The standard InChI is InChI=1S/C21H30N4O/c1-14-12-18-19(13-15(14)2)24(3)21(23-18)25-10-8-16(9-11-25)20(26)22-17-6-4-5-7-17/h12-13,16-17H,4-11H2,1-3H3,(H,22,26). The highest BCUT2D eigenvalue weighted by atomic mass is 16.1. The fourth-order valence-corrected chi connectivity index (χ4v) is 4.45. The van der Waals surface area contributed by atoms with Crippen molar-refractivity contribution in [1.29, 1.82) is 0 Å². The first kappa shape index (κ1) is 17.4. The van der Waals surface area contributed by atoms with Gasteiger partial charge in [0.2, 0.25) is 11.9 Å². The molecule has 0 atom stereocenters. The summed E-state index contributed by atoms with van der Waals surface area (Å²) in [6.07, 6.45) is 6.66. The number of carbonyl (C=O) groups is 1. The minimum atomic E-state index is 0.158. The number of carbonyl (C=O) groups excluding carboxylic acids is 1. The number of nitrogens with zero attached hydrogens (tertiary/aromatic N) is 3. The summed E-state index contributed by atoms with van der Waals surface area (Å²) in [4.78, 5) is 19.7. The molecule has 1 aliphatic heterocycles. The van der Waals surface area contributed by atoms with Gasteiger partial charge in [0.25, 0.3) is 0 Å². The number of imidazole rings is 1. The van der Waals surface area contributed by atoms with Crippen LogP contribution in [0.3, 0.4) is 0 Å². The third-order valence-electron chi connectivity index (χ3n) is 6.32. The maximum Gasteiger partial charge on any atom is 0.223 e. The first-order chi connectivity index (χ1) is 12.5. The van der Waals surface area contributed by atoms with E-state index in [4.69, 9.17) is 4.98 Å². The van der Waals surface area contributed by atoms with Crippen LogP contribution >= 0.6 is 0 Å². The predicted octanol–water partition coefficient (Wildman–Crippen LogP) is 3.47. The van der Waals surface area contributed by atoms with E-state index in [-0.39, 0.29) is 11.8 Å². The molecule has 2 fully saturated rings. The van der Waals surface area contributed by atoms with E-state index in [0.717, 1.165) is 50.2 Å². The van der Waals surface area contributed by atoms with Gasteiger partial charge in [-0.2, -0.15) is 0 Å². The molecular formula is C21H30N4O. The summed E-state index contributed by atoms with van der Waals surface area (Å²) in [5, 5.41) is 3.27. The average molecular weight is 354 g/mol. The smallest absolute Gasteiger partial charge is 0.223 e. The molecule has 26 heavy (non-hydrogen) atoms. The van der Waals surface area contributed by atoms with Crippen molar-refractivity contribution in [3.63, 3.8) is 0 Å². The minimum absolute atomic E-state index is 0.158. The van der Waals surface area contributed by atoms with Crippen LogP contribution in [0.2, 0.25) is 0 Å². The Labute approximate surface area is 155 Å². The number of rotatable bonds is 3. The predicted molar refractivity (Wildman–Crippen MR) is 106 cm³/mol. The fraction of sp³-hybridized carbons (Fsp3) is 0.619. The molecule has 1 saturated heterocycles. The summed E-state index contributed by atoms with van der Waals surface area (Å²) < 4.78 is 2.20. The molecule has 0 spiro atoms. The molecule has 5 heteroatoms. The van der Waals surface area contributed by atoms with Gasteiger partial charge in [-0.25, -0.2) is 4.98 Å². The molecule has 1 N–H and O–H groups in total. The molecule has 5 nitrogen and oxygen atoms in total. The van der Waals surface area contributed by atoms with Crippen molar-refractivity contribution >= 4 is 22.9 Å². The summed E-state index contributed by atoms with van der Waals surface area (Å²) in [6.45, 7) is 6.09. The molecule has 1 aromatic heterocycles. The van der Waals surface area contributed by atoms with E-state index < -0.39 is 0 Å². The van der Waals surface area contributed by atoms with Gasteiger partial charge >= 0.3 is 0 Å². The second-order valence-corrected chi connectivity index (χ2v) is 8.15. The van der Waals surface area contributed by atoms with Crippen LogP contribution in [0.25, 0.3) is 11.0 Å². The van der Waals surface area contributed by atoms with Crippen LogP contribution < -0.4 is 10.2 Å². The lowest BCUT2D eigenvalue weighted by Crippen LogP contribution is -2.43. The van der Waals surface area contributed by atoms with Gasteiger partial charge in [-0.05, 0) is 62.8 Å². The third kappa shape index (κ3) is 3.19. The SMILES string of the molecule is Cc1cc2nc(N3CCC(C(=O)NC4CCCC4)CC3)n(C)c2cc1C. The minimum Gasteiger partial charge on any atom is -0.353 e. The summed E-state index contributed by atoms with van der Waals surface area (Å²) in [5.74, 6) is 1.46. The second kappa shape index (κ2) is 6.93.